The van der Waals surface area contributed by atoms with Crippen LogP contribution in [0.3, 0.4) is 0 Å². The van der Waals surface area contributed by atoms with E-state index >= 15 is 0 Å². The number of benzene rings is 4. The maximum atomic E-state index is 13.6. The summed E-state index contributed by atoms with van der Waals surface area (Å²) in [5, 5.41) is 4.31. The second kappa shape index (κ2) is 13.7. The van der Waals surface area contributed by atoms with Crippen molar-refractivity contribution in [1.29, 1.82) is 0 Å². The van der Waals surface area contributed by atoms with Gasteiger partial charge in [0.05, 0.1) is 18.8 Å². The molecule has 2 amide bonds. The van der Waals surface area contributed by atoms with Gasteiger partial charge in [0.1, 0.15) is 28.9 Å². The van der Waals surface area contributed by atoms with Gasteiger partial charge < -0.3 is 14.8 Å². The predicted octanol–water partition coefficient (Wildman–Crippen LogP) is 8.64. The Morgan fingerprint density at radius 3 is 1.95 bits per heavy atom. The normalized spacial score (nSPS) is 12.7. The zero-order valence-electron chi connectivity index (χ0n) is 23.4. The summed E-state index contributed by atoms with van der Waals surface area (Å²) in [4.78, 5) is 13.2. The highest BCUT2D eigenvalue weighted by Gasteiger charge is 2.27. The van der Waals surface area contributed by atoms with Crippen LogP contribution in [0.15, 0.2) is 97.1 Å². The van der Waals surface area contributed by atoms with Gasteiger partial charge in [-0.05, 0) is 102 Å². The first-order chi connectivity index (χ1) is 20.5. The highest BCUT2D eigenvalue weighted by atomic mass is 19.1. The standard InChI is InChI=1S/C34H33F2N3O3/c1-2-3-4-5-22-41-29-18-20-31(21-19-29)42-30-16-14-28(15-17-30)37-34(40)39-23-32(24-6-10-26(35)11-7-24)33(38-39)25-8-12-27(36)13-9-25/h6-21,38H,2-5,22-23H2,1H3,(H,37,40). The van der Waals surface area contributed by atoms with E-state index in [0.29, 0.717) is 35.1 Å². The average Bonchev–Trinajstić information content (AvgIpc) is 3.45. The molecule has 4 aromatic rings. The number of carbonyl (C=O) groups is 1. The lowest BCUT2D eigenvalue weighted by Crippen LogP contribution is -2.40. The maximum Gasteiger partial charge on any atom is 0.340 e. The van der Waals surface area contributed by atoms with Crippen LogP contribution in [0.2, 0.25) is 0 Å². The minimum absolute atomic E-state index is 0.226. The third-order valence-electron chi connectivity index (χ3n) is 6.87. The molecule has 0 fully saturated rings. The van der Waals surface area contributed by atoms with E-state index in [1.165, 1.54) is 48.5 Å². The Balaban J connectivity index is 1.19. The van der Waals surface area contributed by atoms with E-state index < -0.39 is 0 Å². The van der Waals surface area contributed by atoms with Gasteiger partial charge in [-0.1, -0.05) is 38.3 Å². The van der Waals surface area contributed by atoms with Gasteiger partial charge in [0.2, 0.25) is 0 Å². The number of hydrogen-bond acceptors (Lipinski definition) is 4. The lowest BCUT2D eigenvalue weighted by atomic mass is 10.0. The van der Waals surface area contributed by atoms with Crippen LogP contribution in [-0.2, 0) is 0 Å². The molecule has 6 nitrogen and oxygen atoms in total. The van der Waals surface area contributed by atoms with Crippen molar-refractivity contribution < 1.29 is 23.0 Å². The molecule has 0 aromatic heterocycles. The van der Waals surface area contributed by atoms with E-state index in [4.69, 9.17) is 9.47 Å². The minimum Gasteiger partial charge on any atom is -0.494 e. The van der Waals surface area contributed by atoms with Crippen LogP contribution >= 0.6 is 0 Å². The fourth-order valence-corrected chi connectivity index (χ4v) is 4.60. The number of urea groups is 1. The summed E-state index contributed by atoms with van der Waals surface area (Å²) >= 11 is 0. The molecule has 1 heterocycles. The molecule has 2 N–H and O–H groups in total. The van der Waals surface area contributed by atoms with E-state index in [0.717, 1.165) is 23.3 Å². The van der Waals surface area contributed by atoms with Crippen molar-refractivity contribution in [3.8, 4) is 17.2 Å². The molecular formula is C34H33F2N3O3. The van der Waals surface area contributed by atoms with Crippen LogP contribution in [0.5, 0.6) is 17.2 Å². The van der Waals surface area contributed by atoms with Crippen molar-refractivity contribution >= 4 is 23.0 Å². The Hall–Kier alpha value is -4.85. The summed E-state index contributed by atoms with van der Waals surface area (Å²) < 4.78 is 38.8. The Bertz CT molecular complexity index is 1450. The molecule has 216 valence electrons. The van der Waals surface area contributed by atoms with Crippen molar-refractivity contribution in [2.75, 3.05) is 18.5 Å². The Kier molecular flexibility index (Phi) is 9.33. The van der Waals surface area contributed by atoms with Gasteiger partial charge in [0.15, 0.2) is 0 Å². The zero-order chi connectivity index (χ0) is 29.3. The molecule has 0 saturated heterocycles. The molecule has 0 unspecified atom stereocenters. The molecule has 0 spiro atoms. The first kappa shape index (κ1) is 28.7. The second-order valence-corrected chi connectivity index (χ2v) is 10.0. The van der Waals surface area contributed by atoms with Crippen LogP contribution in [0.1, 0.15) is 43.7 Å². The molecule has 0 atom stereocenters. The third-order valence-corrected chi connectivity index (χ3v) is 6.87. The fraction of sp³-hybridized carbons (Fsp3) is 0.206. The van der Waals surface area contributed by atoms with Gasteiger partial charge in [-0.2, -0.15) is 0 Å². The summed E-state index contributed by atoms with van der Waals surface area (Å²) in [6.45, 7) is 3.12. The summed E-state index contributed by atoms with van der Waals surface area (Å²) in [7, 11) is 0. The molecule has 4 aromatic carbocycles. The third kappa shape index (κ3) is 7.46. The first-order valence-corrected chi connectivity index (χ1v) is 14.1. The van der Waals surface area contributed by atoms with E-state index in [9.17, 15) is 13.6 Å². The fourth-order valence-electron chi connectivity index (χ4n) is 4.60. The number of rotatable bonds is 11. The number of anilines is 1. The Labute approximate surface area is 244 Å². The highest BCUT2D eigenvalue weighted by Crippen LogP contribution is 2.31. The number of nitrogens with one attached hydrogen (secondary N) is 2. The smallest absolute Gasteiger partial charge is 0.340 e. The molecule has 0 aliphatic carbocycles. The molecule has 0 bridgehead atoms. The second-order valence-electron chi connectivity index (χ2n) is 10.0. The first-order valence-electron chi connectivity index (χ1n) is 14.1. The monoisotopic (exact) mass is 569 g/mol. The maximum absolute atomic E-state index is 13.6. The van der Waals surface area contributed by atoms with E-state index in [2.05, 4.69) is 17.7 Å². The predicted molar refractivity (Wildman–Crippen MR) is 161 cm³/mol. The minimum atomic E-state index is -0.384. The van der Waals surface area contributed by atoms with Crippen LogP contribution < -0.4 is 20.2 Å². The van der Waals surface area contributed by atoms with Crippen molar-refractivity contribution in [3.05, 3.63) is 120 Å². The Morgan fingerprint density at radius 2 is 1.33 bits per heavy atom. The van der Waals surface area contributed by atoms with Gasteiger partial charge >= 0.3 is 6.03 Å². The number of amides is 2. The molecule has 42 heavy (non-hydrogen) atoms. The SMILES string of the molecule is CCCCCCOc1ccc(Oc2ccc(NC(=O)N3CC(c4ccc(F)cc4)=C(c4ccc(F)cc4)N3)cc2)cc1. The highest BCUT2D eigenvalue weighted by molar-refractivity contribution is 5.98. The lowest BCUT2D eigenvalue weighted by Gasteiger charge is -2.19. The molecule has 1 aliphatic rings. The van der Waals surface area contributed by atoms with Gasteiger partial charge in [-0.25, -0.2) is 18.6 Å². The number of carbonyl (C=O) groups excluding carboxylic acids is 1. The number of hydrogen-bond donors (Lipinski definition) is 2. The molecule has 8 heteroatoms. The van der Waals surface area contributed by atoms with Crippen molar-refractivity contribution in [3.63, 3.8) is 0 Å². The van der Waals surface area contributed by atoms with Gasteiger partial charge in [0.25, 0.3) is 0 Å². The van der Waals surface area contributed by atoms with E-state index in [-0.39, 0.29) is 24.2 Å². The van der Waals surface area contributed by atoms with Crippen LogP contribution in [0, 0.1) is 11.6 Å². The summed E-state index contributed by atoms with van der Waals surface area (Å²) in [5.41, 5.74) is 6.61. The van der Waals surface area contributed by atoms with E-state index in [1.54, 1.807) is 48.5 Å². The average molecular weight is 570 g/mol. The van der Waals surface area contributed by atoms with Crippen molar-refractivity contribution in [1.82, 2.24) is 10.4 Å². The van der Waals surface area contributed by atoms with Gasteiger partial charge in [-0.15, -0.1) is 0 Å². The van der Waals surface area contributed by atoms with Crippen molar-refractivity contribution in [2.45, 2.75) is 32.6 Å². The van der Waals surface area contributed by atoms with E-state index in [1.807, 2.05) is 24.3 Å². The topological polar surface area (TPSA) is 62.8 Å². The van der Waals surface area contributed by atoms with Crippen molar-refractivity contribution in [2.24, 2.45) is 0 Å². The number of ether oxygens (including phenoxy) is 2. The quantitative estimate of drug-likeness (QED) is 0.178. The molecule has 1 aliphatic heterocycles. The van der Waals surface area contributed by atoms with Gasteiger partial charge in [-0.3, -0.25) is 5.43 Å². The number of unbranched alkanes of at least 4 members (excludes halogenated alkanes) is 3. The number of halogens is 2. The van der Waals surface area contributed by atoms with Crippen LogP contribution in [0.4, 0.5) is 19.3 Å². The zero-order valence-corrected chi connectivity index (χ0v) is 23.4. The number of nitrogens with zero attached hydrogens (tertiary/aromatic N) is 1. The lowest BCUT2D eigenvalue weighted by molar-refractivity contribution is 0.210. The summed E-state index contributed by atoms with van der Waals surface area (Å²) in [6.07, 6.45) is 4.64. The number of hydrazine groups is 1. The van der Waals surface area contributed by atoms with Gasteiger partial charge in [0, 0.05) is 11.3 Å². The molecule has 5 rings (SSSR count). The van der Waals surface area contributed by atoms with Crippen LogP contribution in [-0.4, -0.2) is 24.2 Å². The summed E-state index contributed by atoms with van der Waals surface area (Å²) in [6, 6.07) is 26.2. The molecule has 0 saturated carbocycles. The van der Waals surface area contributed by atoms with Crippen LogP contribution in [0.25, 0.3) is 11.3 Å². The molecule has 0 radical (unpaired) electrons. The summed E-state index contributed by atoms with van der Waals surface area (Å²) in [5.74, 6) is 1.40. The largest absolute Gasteiger partial charge is 0.494 e. The Morgan fingerprint density at radius 1 is 0.762 bits per heavy atom. The molecular weight excluding hydrogens is 536 g/mol.